The van der Waals surface area contributed by atoms with Crippen molar-refractivity contribution in [1.82, 2.24) is 9.55 Å². The van der Waals surface area contributed by atoms with E-state index in [1.807, 2.05) is 59.3 Å². The quantitative estimate of drug-likeness (QED) is 0.386. The average molecular weight is 416 g/mol. The summed E-state index contributed by atoms with van der Waals surface area (Å²) in [5.41, 5.74) is 1.96. The number of amides is 1. The predicted octanol–water partition coefficient (Wildman–Crippen LogP) is 5.18. The van der Waals surface area contributed by atoms with Gasteiger partial charge in [0, 0.05) is 54.3 Å². The van der Waals surface area contributed by atoms with E-state index in [0.29, 0.717) is 12.0 Å². The van der Waals surface area contributed by atoms with E-state index in [2.05, 4.69) is 26.4 Å². The normalized spacial score (nSPS) is 13.6. The van der Waals surface area contributed by atoms with Crippen LogP contribution < -0.4 is 5.32 Å². The van der Waals surface area contributed by atoms with Crippen LogP contribution in [0.25, 0.3) is 5.69 Å². The molecule has 1 aliphatic heterocycles. The van der Waals surface area contributed by atoms with Gasteiger partial charge in [-0.3, -0.25) is 9.36 Å². The fraction of sp³-hybridized carbons (Fsp3) is 0.217. The number of carbonyl (C=O) groups is 1. The lowest BCUT2D eigenvalue weighted by molar-refractivity contribution is 0.102. The number of terminal acetylenes is 1. The number of benzene rings is 2. The van der Waals surface area contributed by atoms with Crippen molar-refractivity contribution >= 4 is 23.4 Å². The van der Waals surface area contributed by atoms with Crippen LogP contribution in [0.2, 0.25) is 0 Å². The summed E-state index contributed by atoms with van der Waals surface area (Å²) in [6.07, 6.45) is 11.3. The first-order valence-corrected chi connectivity index (χ1v) is 10.7. The summed E-state index contributed by atoms with van der Waals surface area (Å²) in [5.74, 6) is 3.34. The molecule has 0 saturated carbocycles. The maximum absolute atomic E-state index is 12.6. The first kappa shape index (κ1) is 19.9. The SMILES string of the molecule is C#CCCC1(CCSc2nccn2-c2cccc(C(=O)Nc3ccccc3)c2)N=N1. The Balaban J connectivity index is 1.41. The second kappa shape index (κ2) is 8.97. The zero-order valence-electron chi connectivity index (χ0n) is 16.4. The number of imidazole rings is 1. The molecule has 2 heterocycles. The van der Waals surface area contributed by atoms with Gasteiger partial charge in [0.15, 0.2) is 10.8 Å². The number of aromatic nitrogens is 2. The lowest BCUT2D eigenvalue weighted by atomic mass is 10.1. The molecule has 1 aromatic heterocycles. The number of rotatable bonds is 9. The van der Waals surface area contributed by atoms with Crippen LogP contribution in [-0.4, -0.2) is 26.9 Å². The van der Waals surface area contributed by atoms with Gasteiger partial charge in [0.25, 0.3) is 5.91 Å². The van der Waals surface area contributed by atoms with Gasteiger partial charge in [0.05, 0.1) is 0 Å². The zero-order chi connectivity index (χ0) is 20.8. The molecule has 1 N–H and O–H groups in total. The van der Waals surface area contributed by atoms with Crippen LogP contribution in [0, 0.1) is 12.3 Å². The molecule has 0 fully saturated rings. The minimum Gasteiger partial charge on any atom is -0.322 e. The number of nitrogens with zero attached hydrogens (tertiary/aromatic N) is 4. The minimum atomic E-state index is -0.285. The number of thioether (sulfide) groups is 1. The summed E-state index contributed by atoms with van der Waals surface area (Å²) >= 11 is 1.65. The molecule has 3 aromatic rings. The fourth-order valence-corrected chi connectivity index (χ4v) is 4.14. The van der Waals surface area contributed by atoms with Crippen LogP contribution in [0.3, 0.4) is 0 Å². The van der Waals surface area contributed by atoms with Gasteiger partial charge in [-0.25, -0.2) is 4.98 Å². The summed E-state index contributed by atoms with van der Waals surface area (Å²) in [6, 6.07) is 16.9. The number of nitrogens with one attached hydrogen (secondary N) is 1. The van der Waals surface area contributed by atoms with Gasteiger partial charge >= 0.3 is 0 Å². The molecule has 1 aliphatic rings. The van der Waals surface area contributed by atoms with E-state index in [-0.39, 0.29) is 11.6 Å². The van der Waals surface area contributed by atoms with E-state index < -0.39 is 0 Å². The summed E-state index contributed by atoms with van der Waals surface area (Å²) in [7, 11) is 0. The molecule has 4 rings (SSSR count). The van der Waals surface area contributed by atoms with Crippen LogP contribution >= 0.6 is 11.8 Å². The monoisotopic (exact) mass is 415 g/mol. The number of anilines is 1. The van der Waals surface area contributed by atoms with Crippen LogP contribution in [0.5, 0.6) is 0 Å². The molecule has 0 unspecified atom stereocenters. The third-order valence-electron chi connectivity index (χ3n) is 4.81. The van der Waals surface area contributed by atoms with Gasteiger partial charge in [-0.15, -0.1) is 12.3 Å². The second-order valence-corrected chi connectivity index (χ2v) is 8.00. The highest BCUT2D eigenvalue weighted by molar-refractivity contribution is 7.99. The Morgan fingerprint density at radius 2 is 1.97 bits per heavy atom. The van der Waals surface area contributed by atoms with Crippen LogP contribution in [0.1, 0.15) is 29.6 Å². The number of hydrogen-bond acceptors (Lipinski definition) is 5. The fourth-order valence-electron chi connectivity index (χ4n) is 3.09. The molecule has 2 aromatic carbocycles. The maximum atomic E-state index is 12.6. The number of hydrogen-bond donors (Lipinski definition) is 1. The van der Waals surface area contributed by atoms with Crippen molar-refractivity contribution in [1.29, 1.82) is 0 Å². The summed E-state index contributed by atoms with van der Waals surface area (Å²) in [6.45, 7) is 0. The lowest BCUT2D eigenvalue weighted by Crippen LogP contribution is -2.12. The maximum Gasteiger partial charge on any atom is 0.255 e. The number of carbonyl (C=O) groups excluding carboxylic acids is 1. The highest BCUT2D eigenvalue weighted by Crippen LogP contribution is 2.38. The van der Waals surface area contributed by atoms with Crippen LogP contribution in [0.4, 0.5) is 5.69 Å². The van der Waals surface area contributed by atoms with Crippen molar-refractivity contribution in [3.05, 3.63) is 72.6 Å². The van der Waals surface area contributed by atoms with E-state index in [9.17, 15) is 4.79 Å². The summed E-state index contributed by atoms with van der Waals surface area (Å²) in [4.78, 5) is 17.1. The average Bonchev–Trinajstić information content (AvgIpc) is 3.39. The van der Waals surface area contributed by atoms with E-state index in [1.165, 1.54) is 0 Å². The molecular formula is C23H21N5OS. The highest BCUT2D eigenvalue weighted by Gasteiger charge is 2.38. The summed E-state index contributed by atoms with van der Waals surface area (Å²) < 4.78 is 1.99. The summed E-state index contributed by atoms with van der Waals surface area (Å²) in [5, 5.41) is 12.1. The van der Waals surface area contributed by atoms with Crippen molar-refractivity contribution in [2.24, 2.45) is 10.2 Å². The Morgan fingerprint density at radius 1 is 1.13 bits per heavy atom. The van der Waals surface area contributed by atoms with Crippen LogP contribution in [-0.2, 0) is 0 Å². The molecule has 1 amide bonds. The third-order valence-corrected chi connectivity index (χ3v) is 5.78. The Kier molecular flexibility index (Phi) is 5.96. The largest absolute Gasteiger partial charge is 0.322 e. The van der Waals surface area contributed by atoms with E-state index in [4.69, 9.17) is 6.42 Å². The standard InChI is InChI=1S/C23H21N5OS/c1-2-3-12-23(26-27-23)13-16-30-22-24-14-15-28(22)20-11-7-8-18(17-20)21(29)25-19-9-5-4-6-10-19/h1,4-11,14-15,17H,3,12-13,16H2,(H,25,29). The lowest BCUT2D eigenvalue weighted by Gasteiger charge is -2.11. The zero-order valence-corrected chi connectivity index (χ0v) is 17.2. The van der Waals surface area contributed by atoms with Crippen molar-refractivity contribution in [3.63, 3.8) is 0 Å². The van der Waals surface area contributed by atoms with Gasteiger partial charge < -0.3 is 5.32 Å². The Labute approximate surface area is 179 Å². The van der Waals surface area contributed by atoms with Crippen molar-refractivity contribution < 1.29 is 4.79 Å². The van der Waals surface area contributed by atoms with E-state index in [0.717, 1.165) is 35.1 Å². The molecular weight excluding hydrogens is 394 g/mol. The molecule has 0 radical (unpaired) electrons. The predicted molar refractivity (Wildman–Crippen MR) is 119 cm³/mol. The van der Waals surface area contributed by atoms with Gasteiger partial charge in [0.2, 0.25) is 0 Å². The number of para-hydroxylation sites is 1. The molecule has 0 spiro atoms. The molecule has 0 saturated heterocycles. The molecule has 30 heavy (non-hydrogen) atoms. The smallest absolute Gasteiger partial charge is 0.255 e. The second-order valence-electron chi connectivity index (χ2n) is 6.94. The van der Waals surface area contributed by atoms with E-state index >= 15 is 0 Å². The molecule has 0 atom stereocenters. The van der Waals surface area contributed by atoms with Crippen molar-refractivity contribution in [2.45, 2.75) is 30.1 Å². The molecule has 0 aliphatic carbocycles. The highest BCUT2D eigenvalue weighted by atomic mass is 32.2. The van der Waals surface area contributed by atoms with Gasteiger partial charge in [-0.05, 0) is 30.3 Å². The van der Waals surface area contributed by atoms with Gasteiger partial charge in [0.1, 0.15) is 0 Å². The Bertz CT molecular complexity index is 1090. The van der Waals surface area contributed by atoms with E-state index in [1.54, 1.807) is 24.0 Å². The van der Waals surface area contributed by atoms with Gasteiger partial charge in [-0.1, -0.05) is 36.0 Å². The minimum absolute atomic E-state index is 0.148. The molecule has 7 heteroatoms. The molecule has 150 valence electrons. The van der Waals surface area contributed by atoms with Gasteiger partial charge in [-0.2, -0.15) is 10.2 Å². The van der Waals surface area contributed by atoms with Crippen LogP contribution in [0.15, 0.2) is 82.4 Å². The molecule has 0 bridgehead atoms. The van der Waals surface area contributed by atoms with Crippen molar-refractivity contribution in [2.75, 3.05) is 11.1 Å². The Hall–Kier alpha value is -3.37. The first-order valence-electron chi connectivity index (χ1n) is 9.70. The van der Waals surface area contributed by atoms with Crippen molar-refractivity contribution in [3.8, 4) is 18.0 Å². The first-order chi connectivity index (χ1) is 14.7. The Morgan fingerprint density at radius 3 is 2.73 bits per heavy atom. The molecule has 6 nitrogen and oxygen atoms in total. The third kappa shape index (κ3) is 4.78. The topological polar surface area (TPSA) is 71.6 Å².